The summed E-state index contributed by atoms with van der Waals surface area (Å²) in [6.07, 6.45) is 1.68. The minimum Gasteiger partial charge on any atom is -0.382 e. The van der Waals surface area contributed by atoms with Gasteiger partial charge in [-0.05, 0) is 65.6 Å². The molecule has 0 spiro atoms. The first kappa shape index (κ1) is 26.8. The Morgan fingerprint density at radius 1 is 1.03 bits per heavy atom. The lowest BCUT2D eigenvalue weighted by atomic mass is 10.0. The molecule has 0 saturated carbocycles. The molecule has 4 amide bonds. The first-order chi connectivity index (χ1) is 16.5. The first-order valence-corrected chi connectivity index (χ1v) is 12.0. The third-order valence-electron chi connectivity index (χ3n) is 6.32. The van der Waals surface area contributed by atoms with Gasteiger partial charge in [-0.15, -0.1) is 0 Å². The van der Waals surface area contributed by atoms with Crippen molar-refractivity contribution in [3.05, 3.63) is 29.3 Å². The van der Waals surface area contributed by atoms with Gasteiger partial charge in [-0.25, -0.2) is 0 Å². The molecule has 0 aromatic heterocycles. The van der Waals surface area contributed by atoms with E-state index in [0.717, 1.165) is 11.3 Å². The van der Waals surface area contributed by atoms with Crippen LogP contribution >= 0.6 is 0 Å². The minimum absolute atomic E-state index is 0.0810. The molecule has 0 aliphatic carbocycles. The summed E-state index contributed by atoms with van der Waals surface area (Å²) >= 11 is 0. The number of piperidine rings is 1. The standard InChI is InChI=1S/C25H36N4O6/c1-24(2,10-12-26)34-14-11-25(3,4)35-15-13-27-17-7-5-6-16-20(17)23(33)29(22(16)32)18-8-9-19(30)28-21(18)31/h5-7,18,27H,8-15,26H2,1-4H3,(H,28,30,31). The highest BCUT2D eigenvalue weighted by Crippen LogP contribution is 2.32. The second-order valence-electron chi connectivity index (χ2n) is 10.1. The number of benzene rings is 1. The van der Waals surface area contributed by atoms with Gasteiger partial charge in [-0.3, -0.25) is 29.4 Å². The van der Waals surface area contributed by atoms with Gasteiger partial charge < -0.3 is 20.5 Å². The molecular weight excluding hydrogens is 452 g/mol. The summed E-state index contributed by atoms with van der Waals surface area (Å²) < 4.78 is 11.9. The summed E-state index contributed by atoms with van der Waals surface area (Å²) in [6, 6.07) is 3.98. The SMILES string of the molecule is CC(C)(CCN)OCCC(C)(C)OCCNc1cccc2c1C(=O)N(C1CCC(=O)NC1=O)C2=O. The average molecular weight is 489 g/mol. The van der Waals surface area contributed by atoms with Crippen molar-refractivity contribution in [2.75, 3.05) is 31.6 Å². The van der Waals surface area contributed by atoms with Crippen molar-refractivity contribution < 1.29 is 28.7 Å². The zero-order valence-electron chi connectivity index (χ0n) is 20.9. The number of amides is 4. The number of carbonyl (C=O) groups excluding carboxylic acids is 4. The van der Waals surface area contributed by atoms with Crippen molar-refractivity contribution >= 4 is 29.3 Å². The van der Waals surface area contributed by atoms with Crippen LogP contribution in [0.3, 0.4) is 0 Å². The molecule has 4 N–H and O–H groups in total. The number of rotatable bonds is 12. The Bertz CT molecular complexity index is 990. The van der Waals surface area contributed by atoms with Crippen molar-refractivity contribution in [2.24, 2.45) is 5.73 Å². The summed E-state index contributed by atoms with van der Waals surface area (Å²) in [5.41, 5.74) is 5.92. The highest BCUT2D eigenvalue weighted by Gasteiger charge is 2.45. The fourth-order valence-corrected chi connectivity index (χ4v) is 4.24. The Kier molecular flexibility index (Phi) is 8.30. The molecule has 1 atom stereocenters. The van der Waals surface area contributed by atoms with Gasteiger partial charge in [0.05, 0.1) is 35.5 Å². The predicted molar refractivity (Wildman–Crippen MR) is 130 cm³/mol. The summed E-state index contributed by atoms with van der Waals surface area (Å²) in [5.74, 6) is -2.10. The Balaban J connectivity index is 1.56. The number of nitrogens with one attached hydrogen (secondary N) is 2. The number of hydrogen-bond donors (Lipinski definition) is 3. The Hall–Kier alpha value is -2.82. The molecule has 35 heavy (non-hydrogen) atoms. The zero-order chi connectivity index (χ0) is 25.8. The van der Waals surface area contributed by atoms with Crippen LogP contribution in [-0.2, 0) is 19.1 Å². The smallest absolute Gasteiger partial charge is 0.264 e. The molecular formula is C25H36N4O6. The number of nitrogens with zero attached hydrogens (tertiary/aromatic N) is 1. The van der Waals surface area contributed by atoms with E-state index < -0.39 is 35.3 Å². The summed E-state index contributed by atoms with van der Waals surface area (Å²) in [7, 11) is 0. The maximum Gasteiger partial charge on any atom is 0.264 e. The van der Waals surface area contributed by atoms with Crippen LogP contribution in [0.25, 0.3) is 0 Å². The van der Waals surface area contributed by atoms with Crippen LogP contribution in [0.2, 0.25) is 0 Å². The molecule has 2 aliphatic heterocycles. The fourth-order valence-electron chi connectivity index (χ4n) is 4.24. The number of imide groups is 2. The van der Waals surface area contributed by atoms with Crippen LogP contribution in [0.4, 0.5) is 5.69 Å². The maximum atomic E-state index is 13.1. The molecule has 1 fully saturated rings. The lowest BCUT2D eigenvalue weighted by Crippen LogP contribution is -2.54. The lowest BCUT2D eigenvalue weighted by molar-refractivity contribution is -0.136. The Morgan fingerprint density at radius 2 is 1.71 bits per heavy atom. The van der Waals surface area contributed by atoms with E-state index >= 15 is 0 Å². The third kappa shape index (κ3) is 6.45. The van der Waals surface area contributed by atoms with Crippen molar-refractivity contribution in [3.63, 3.8) is 0 Å². The van der Waals surface area contributed by atoms with Gasteiger partial charge >= 0.3 is 0 Å². The van der Waals surface area contributed by atoms with E-state index in [9.17, 15) is 19.2 Å². The molecule has 2 aliphatic rings. The van der Waals surface area contributed by atoms with E-state index in [2.05, 4.69) is 10.6 Å². The van der Waals surface area contributed by atoms with Crippen LogP contribution in [-0.4, -0.2) is 72.1 Å². The predicted octanol–water partition coefficient (Wildman–Crippen LogP) is 1.83. The van der Waals surface area contributed by atoms with E-state index in [-0.39, 0.29) is 29.6 Å². The largest absolute Gasteiger partial charge is 0.382 e. The van der Waals surface area contributed by atoms with Crippen LogP contribution < -0.4 is 16.4 Å². The molecule has 1 unspecified atom stereocenters. The number of hydrogen-bond acceptors (Lipinski definition) is 8. The number of ether oxygens (including phenoxy) is 2. The van der Waals surface area contributed by atoms with E-state index in [4.69, 9.17) is 15.2 Å². The molecule has 1 aromatic carbocycles. The Morgan fingerprint density at radius 3 is 2.40 bits per heavy atom. The summed E-state index contributed by atoms with van der Waals surface area (Å²) in [4.78, 5) is 50.8. The number of fused-ring (bicyclic) bond motifs is 1. The lowest BCUT2D eigenvalue weighted by Gasteiger charge is -2.29. The maximum absolute atomic E-state index is 13.1. The van der Waals surface area contributed by atoms with Gasteiger partial charge in [0.2, 0.25) is 11.8 Å². The monoisotopic (exact) mass is 488 g/mol. The highest BCUT2D eigenvalue weighted by molar-refractivity contribution is 6.25. The van der Waals surface area contributed by atoms with E-state index in [1.807, 2.05) is 27.7 Å². The molecule has 1 saturated heterocycles. The zero-order valence-corrected chi connectivity index (χ0v) is 20.9. The Labute approximate surface area is 205 Å². The molecule has 1 aromatic rings. The van der Waals surface area contributed by atoms with Crippen molar-refractivity contribution in [1.82, 2.24) is 10.2 Å². The molecule has 10 heteroatoms. The fraction of sp³-hybridized carbons (Fsp3) is 0.600. The number of carbonyl (C=O) groups is 4. The van der Waals surface area contributed by atoms with E-state index in [1.165, 1.54) is 0 Å². The van der Waals surface area contributed by atoms with Gasteiger partial charge in [-0.1, -0.05) is 6.07 Å². The van der Waals surface area contributed by atoms with Crippen LogP contribution in [0.5, 0.6) is 0 Å². The number of nitrogens with two attached hydrogens (primary N) is 1. The summed E-state index contributed by atoms with van der Waals surface area (Å²) in [6.45, 7) is 9.93. The molecule has 192 valence electrons. The van der Waals surface area contributed by atoms with Gasteiger partial charge in [0.1, 0.15) is 6.04 Å². The molecule has 2 heterocycles. The van der Waals surface area contributed by atoms with E-state index in [0.29, 0.717) is 38.4 Å². The van der Waals surface area contributed by atoms with Gasteiger partial charge in [0.15, 0.2) is 0 Å². The van der Waals surface area contributed by atoms with Gasteiger partial charge in [0, 0.05) is 18.7 Å². The van der Waals surface area contributed by atoms with Crippen molar-refractivity contribution in [2.45, 2.75) is 70.6 Å². The molecule has 10 nitrogen and oxygen atoms in total. The second kappa shape index (κ2) is 10.8. The van der Waals surface area contributed by atoms with Crippen LogP contribution in [0.1, 0.15) is 74.1 Å². The van der Waals surface area contributed by atoms with Crippen molar-refractivity contribution in [3.8, 4) is 0 Å². The van der Waals surface area contributed by atoms with E-state index in [1.54, 1.807) is 18.2 Å². The number of anilines is 1. The third-order valence-corrected chi connectivity index (χ3v) is 6.32. The highest BCUT2D eigenvalue weighted by atomic mass is 16.5. The molecule has 0 bridgehead atoms. The van der Waals surface area contributed by atoms with Crippen LogP contribution in [0, 0.1) is 0 Å². The van der Waals surface area contributed by atoms with Gasteiger partial charge in [0.25, 0.3) is 11.8 Å². The molecule has 3 rings (SSSR count). The summed E-state index contributed by atoms with van der Waals surface area (Å²) in [5, 5.41) is 5.39. The molecule has 0 radical (unpaired) electrons. The van der Waals surface area contributed by atoms with Crippen LogP contribution in [0.15, 0.2) is 18.2 Å². The van der Waals surface area contributed by atoms with Crippen molar-refractivity contribution in [1.29, 1.82) is 0 Å². The minimum atomic E-state index is -0.992. The first-order valence-electron chi connectivity index (χ1n) is 12.0. The second-order valence-corrected chi connectivity index (χ2v) is 10.1. The normalized spacial score (nSPS) is 18.7. The average Bonchev–Trinajstić information content (AvgIpc) is 3.02. The van der Waals surface area contributed by atoms with Gasteiger partial charge in [-0.2, -0.15) is 0 Å². The quantitative estimate of drug-likeness (QED) is 0.299. The topological polar surface area (TPSA) is 140 Å².